The number of alkyl halides is 12. The highest BCUT2D eigenvalue weighted by Crippen LogP contribution is 2.50. The summed E-state index contributed by atoms with van der Waals surface area (Å²) in [7, 11) is 0. The van der Waals surface area contributed by atoms with E-state index in [2.05, 4.69) is 29.9 Å². The first-order valence-corrected chi connectivity index (χ1v) is 17.9. The summed E-state index contributed by atoms with van der Waals surface area (Å²) in [6.07, 6.45) is -14.0. The van der Waals surface area contributed by atoms with E-state index in [0.29, 0.717) is 58.4 Å². The van der Waals surface area contributed by atoms with Crippen molar-refractivity contribution in [3.63, 3.8) is 0 Å². The largest absolute Gasteiger partial charge is 0.451 e. The number of halogens is 12. The Balaban J connectivity index is 1.52. The fraction of sp³-hybridized carbons (Fsp3) is 0.421. The van der Waals surface area contributed by atoms with E-state index in [1.54, 1.807) is 0 Å². The van der Waals surface area contributed by atoms with Crippen LogP contribution in [0.2, 0.25) is 0 Å². The van der Waals surface area contributed by atoms with Crippen LogP contribution >= 0.6 is 0 Å². The Morgan fingerprint density at radius 2 is 0.661 bits per heavy atom. The van der Waals surface area contributed by atoms with Gasteiger partial charge in [-0.25, -0.2) is 29.9 Å². The van der Waals surface area contributed by atoms with E-state index in [4.69, 9.17) is 0 Å². The highest BCUT2D eigenvalue weighted by atomic mass is 19.4. The van der Waals surface area contributed by atoms with Gasteiger partial charge in [-0.15, -0.1) is 0 Å². The lowest BCUT2D eigenvalue weighted by Crippen LogP contribution is -2.20. The Kier molecular flexibility index (Phi) is 9.06. The summed E-state index contributed by atoms with van der Waals surface area (Å²) in [5.74, 6) is -10.4. The smallest absolute Gasteiger partial charge is 0.204 e. The summed E-state index contributed by atoms with van der Waals surface area (Å²) < 4.78 is 168. The summed E-state index contributed by atoms with van der Waals surface area (Å²) in [5, 5.41) is 2.06. The molecule has 18 heteroatoms. The van der Waals surface area contributed by atoms with E-state index in [1.807, 2.05) is 12.1 Å². The highest BCUT2D eigenvalue weighted by molar-refractivity contribution is 6.28. The SMILES string of the molecule is FC(F)(F)c1nc(-c2cc(C3CCCCC3)c3ccc4c(C5CCCCC5)cc(-c5nc(C(F)(F)F)nc(C(F)(F)F)n5)c5ccc2c3c54)nc(C(F)(F)F)n1. The quantitative estimate of drug-likeness (QED) is 0.131. The summed E-state index contributed by atoms with van der Waals surface area (Å²) in [4.78, 5) is 19.3. The lowest BCUT2D eigenvalue weighted by atomic mass is 9.76. The summed E-state index contributed by atoms with van der Waals surface area (Å²) >= 11 is 0. The van der Waals surface area contributed by atoms with Crippen molar-refractivity contribution in [2.75, 3.05) is 0 Å². The van der Waals surface area contributed by atoms with Gasteiger partial charge >= 0.3 is 24.7 Å². The molecule has 294 valence electrons. The van der Waals surface area contributed by atoms with Crippen molar-refractivity contribution in [3.8, 4) is 22.8 Å². The van der Waals surface area contributed by atoms with Crippen molar-refractivity contribution in [1.29, 1.82) is 0 Å². The van der Waals surface area contributed by atoms with Crippen molar-refractivity contribution in [1.82, 2.24) is 29.9 Å². The van der Waals surface area contributed by atoms with Gasteiger partial charge in [0.15, 0.2) is 11.6 Å². The summed E-state index contributed by atoms with van der Waals surface area (Å²) in [6, 6.07) is 9.29. The summed E-state index contributed by atoms with van der Waals surface area (Å²) in [6.45, 7) is 0. The van der Waals surface area contributed by atoms with Gasteiger partial charge in [0.05, 0.1) is 0 Å². The molecule has 0 amide bonds. The minimum Gasteiger partial charge on any atom is -0.204 e. The third-order valence-electron chi connectivity index (χ3n) is 10.8. The van der Waals surface area contributed by atoms with Crippen LogP contribution in [-0.2, 0) is 24.7 Å². The molecule has 4 aromatic carbocycles. The number of benzene rings is 4. The molecule has 0 aliphatic heterocycles. The van der Waals surface area contributed by atoms with Gasteiger partial charge < -0.3 is 0 Å². The molecule has 0 atom stereocenters. The molecule has 2 heterocycles. The van der Waals surface area contributed by atoms with Gasteiger partial charge in [-0.1, -0.05) is 62.8 Å². The standard InChI is InChI=1S/C38H28F12N6/c39-35(40,41)31-51-29(52-32(55-31)36(42,43)44)25-15-23(17-7-3-1-4-8-17)19-11-12-20-24(18-9-5-2-6-10-18)16-26(22-14-13-21(25)27(19)28(20)22)30-53-33(37(45,46)47)56-34(54-30)38(48,49)50/h11-18H,1-10H2. The number of nitrogens with zero attached hydrogens (tertiary/aromatic N) is 6. The van der Waals surface area contributed by atoms with Crippen LogP contribution in [0, 0.1) is 0 Å². The number of rotatable bonds is 4. The van der Waals surface area contributed by atoms with E-state index in [9.17, 15) is 52.7 Å². The molecule has 2 fully saturated rings. The number of aromatic nitrogens is 6. The van der Waals surface area contributed by atoms with Crippen molar-refractivity contribution >= 4 is 32.3 Å². The molecule has 0 saturated heterocycles. The molecule has 0 bridgehead atoms. The molecule has 0 radical (unpaired) electrons. The third kappa shape index (κ3) is 6.82. The van der Waals surface area contributed by atoms with Crippen LogP contribution in [0.1, 0.15) is 110 Å². The fourth-order valence-corrected chi connectivity index (χ4v) is 8.42. The predicted octanol–water partition coefficient (Wildman–Crippen LogP) is 12.5. The molecule has 2 aliphatic carbocycles. The number of hydrogen-bond donors (Lipinski definition) is 0. The first-order valence-electron chi connectivity index (χ1n) is 17.9. The van der Waals surface area contributed by atoms with Crippen LogP contribution in [0.15, 0.2) is 36.4 Å². The molecule has 6 nitrogen and oxygen atoms in total. The van der Waals surface area contributed by atoms with Crippen molar-refractivity contribution in [2.45, 2.75) is 101 Å². The normalized spacial score (nSPS) is 17.1. The maximum absolute atomic E-state index is 14.0. The van der Waals surface area contributed by atoms with Gasteiger partial charge in [-0.2, -0.15) is 52.7 Å². The molecule has 56 heavy (non-hydrogen) atoms. The Bertz CT molecular complexity index is 2220. The maximum Gasteiger partial charge on any atom is 0.451 e. The average Bonchev–Trinajstić information content (AvgIpc) is 3.15. The Morgan fingerprint density at radius 1 is 0.375 bits per heavy atom. The van der Waals surface area contributed by atoms with E-state index < -0.39 is 59.7 Å². The molecule has 6 aromatic rings. The molecule has 0 N–H and O–H groups in total. The Hall–Kier alpha value is -4.90. The van der Waals surface area contributed by atoms with Gasteiger partial charge in [0.2, 0.25) is 23.3 Å². The van der Waals surface area contributed by atoms with Crippen LogP contribution in [0.4, 0.5) is 52.7 Å². The van der Waals surface area contributed by atoms with Gasteiger partial charge in [0.25, 0.3) is 0 Å². The van der Waals surface area contributed by atoms with Crippen LogP contribution in [-0.4, -0.2) is 29.9 Å². The average molecular weight is 797 g/mol. The zero-order valence-corrected chi connectivity index (χ0v) is 28.9. The number of hydrogen-bond acceptors (Lipinski definition) is 6. The molecular formula is C38H28F12N6. The fourth-order valence-electron chi connectivity index (χ4n) is 8.42. The molecule has 2 saturated carbocycles. The minimum atomic E-state index is -5.38. The Labute approximate surface area is 309 Å². The monoisotopic (exact) mass is 796 g/mol. The van der Waals surface area contributed by atoms with Crippen molar-refractivity contribution in [3.05, 3.63) is 70.8 Å². The first-order chi connectivity index (χ1) is 26.3. The molecule has 2 aromatic heterocycles. The Morgan fingerprint density at radius 3 is 0.946 bits per heavy atom. The lowest BCUT2D eigenvalue weighted by Gasteiger charge is -2.28. The zero-order valence-electron chi connectivity index (χ0n) is 28.9. The molecule has 0 unspecified atom stereocenters. The van der Waals surface area contributed by atoms with E-state index in [0.717, 1.165) is 38.5 Å². The van der Waals surface area contributed by atoms with Crippen LogP contribution in [0.25, 0.3) is 55.1 Å². The van der Waals surface area contributed by atoms with Gasteiger partial charge in [0, 0.05) is 11.1 Å². The first kappa shape index (κ1) is 38.0. The topological polar surface area (TPSA) is 77.3 Å². The van der Waals surface area contributed by atoms with Crippen LogP contribution in [0.3, 0.4) is 0 Å². The van der Waals surface area contributed by atoms with Gasteiger partial charge in [0.1, 0.15) is 0 Å². The summed E-state index contributed by atoms with van der Waals surface area (Å²) in [5.41, 5.74) is 0.837. The molecule has 2 aliphatic rings. The highest BCUT2D eigenvalue weighted by Gasteiger charge is 2.43. The second-order valence-corrected chi connectivity index (χ2v) is 14.4. The second kappa shape index (κ2) is 13.4. The van der Waals surface area contributed by atoms with Gasteiger partial charge in [-0.3, -0.25) is 0 Å². The van der Waals surface area contributed by atoms with Crippen LogP contribution < -0.4 is 0 Å². The maximum atomic E-state index is 14.0. The van der Waals surface area contributed by atoms with Crippen molar-refractivity contribution < 1.29 is 52.7 Å². The zero-order chi connectivity index (χ0) is 39.9. The van der Waals surface area contributed by atoms with E-state index >= 15 is 0 Å². The molecule has 0 spiro atoms. The second-order valence-electron chi connectivity index (χ2n) is 14.4. The van der Waals surface area contributed by atoms with Crippen molar-refractivity contribution in [2.24, 2.45) is 0 Å². The van der Waals surface area contributed by atoms with E-state index in [-0.39, 0.29) is 33.7 Å². The van der Waals surface area contributed by atoms with E-state index in [1.165, 1.54) is 24.3 Å². The third-order valence-corrected chi connectivity index (χ3v) is 10.8. The minimum absolute atomic E-state index is 0.125. The van der Waals surface area contributed by atoms with Gasteiger partial charge in [-0.05, 0) is 93.1 Å². The molecular weight excluding hydrogens is 768 g/mol. The molecule has 8 rings (SSSR count). The lowest BCUT2D eigenvalue weighted by molar-refractivity contribution is -0.156. The van der Waals surface area contributed by atoms with Crippen LogP contribution in [0.5, 0.6) is 0 Å². The predicted molar refractivity (Wildman–Crippen MR) is 179 cm³/mol.